The summed E-state index contributed by atoms with van der Waals surface area (Å²) in [5.74, 6) is 0. The van der Waals surface area contributed by atoms with Gasteiger partial charge in [0.05, 0.1) is 19.3 Å². The Hall–Kier alpha value is -0.380. The van der Waals surface area contributed by atoms with Crippen molar-refractivity contribution < 1.29 is 14.6 Å². The van der Waals surface area contributed by atoms with Crippen molar-refractivity contribution in [2.24, 2.45) is 0 Å². The number of rotatable bonds is 4. The van der Waals surface area contributed by atoms with Crippen LogP contribution in [0.4, 0.5) is 0 Å². The highest BCUT2D eigenvalue weighted by Crippen LogP contribution is 2.20. The van der Waals surface area contributed by atoms with Gasteiger partial charge in [0.1, 0.15) is 0 Å². The molecule has 0 aromatic heterocycles. The van der Waals surface area contributed by atoms with Gasteiger partial charge in [-0.25, -0.2) is 0 Å². The second-order valence-corrected chi connectivity index (χ2v) is 4.14. The van der Waals surface area contributed by atoms with Crippen LogP contribution < -0.4 is 0 Å². The summed E-state index contributed by atoms with van der Waals surface area (Å²) in [6, 6.07) is 0. The van der Waals surface area contributed by atoms with Gasteiger partial charge < -0.3 is 14.6 Å². The molecule has 0 heterocycles. The van der Waals surface area contributed by atoms with Crippen LogP contribution in [-0.4, -0.2) is 38.6 Å². The zero-order chi connectivity index (χ0) is 13.5. The summed E-state index contributed by atoms with van der Waals surface area (Å²) < 4.78 is 10.4. The summed E-state index contributed by atoms with van der Waals surface area (Å²) in [4.78, 5) is 0. The molecule has 0 bridgehead atoms. The lowest BCUT2D eigenvalue weighted by molar-refractivity contribution is 0.0211. The Morgan fingerprint density at radius 3 is 2.00 bits per heavy atom. The van der Waals surface area contributed by atoms with Crippen LogP contribution in [0, 0.1) is 0 Å². The average molecular weight is 246 g/mol. The van der Waals surface area contributed by atoms with Gasteiger partial charge in [0.25, 0.3) is 0 Å². The van der Waals surface area contributed by atoms with Crippen molar-refractivity contribution in [3.8, 4) is 0 Å². The zero-order valence-electron chi connectivity index (χ0n) is 12.2. The molecule has 0 spiro atoms. The number of hydrogen-bond donors (Lipinski definition) is 1. The Labute approximate surface area is 107 Å². The highest BCUT2D eigenvalue weighted by Gasteiger charge is 2.14. The molecule has 0 aromatic carbocycles. The SMILES string of the molecule is CC=C(C)C.CO.COCCOC1CCCC1. The molecule has 1 N–H and O–H groups in total. The Bertz CT molecular complexity index is 157. The monoisotopic (exact) mass is 246 g/mol. The highest BCUT2D eigenvalue weighted by molar-refractivity contribution is 4.88. The lowest BCUT2D eigenvalue weighted by atomic mass is 10.3. The Morgan fingerprint density at radius 1 is 1.18 bits per heavy atom. The summed E-state index contributed by atoms with van der Waals surface area (Å²) in [5, 5.41) is 7.00. The van der Waals surface area contributed by atoms with Gasteiger partial charge in [0.2, 0.25) is 0 Å². The molecule has 0 aromatic rings. The lowest BCUT2D eigenvalue weighted by Gasteiger charge is -2.09. The molecular weight excluding hydrogens is 216 g/mol. The lowest BCUT2D eigenvalue weighted by Crippen LogP contribution is -2.11. The first-order valence-electron chi connectivity index (χ1n) is 6.35. The van der Waals surface area contributed by atoms with Gasteiger partial charge in [-0.05, 0) is 33.6 Å². The van der Waals surface area contributed by atoms with E-state index in [9.17, 15) is 0 Å². The standard InChI is InChI=1S/C8H16O2.C5H10.CH4O/c1-9-6-7-10-8-4-2-3-5-8;1-4-5(2)3;1-2/h8H,2-7H2,1H3;4H,1-3H3;2H,1H3. The van der Waals surface area contributed by atoms with Gasteiger partial charge in [-0.1, -0.05) is 24.5 Å². The molecule has 0 saturated heterocycles. The molecule has 1 fully saturated rings. The van der Waals surface area contributed by atoms with Crippen molar-refractivity contribution in [1.82, 2.24) is 0 Å². The van der Waals surface area contributed by atoms with Gasteiger partial charge in [0.15, 0.2) is 0 Å². The van der Waals surface area contributed by atoms with E-state index in [1.165, 1.54) is 31.3 Å². The summed E-state index contributed by atoms with van der Waals surface area (Å²) in [6.45, 7) is 7.70. The molecule has 3 nitrogen and oxygen atoms in total. The first-order chi connectivity index (χ1) is 8.20. The molecule has 0 amide bonds. The molecule has 3 heteroatoms. The maximum atomic E-state index is 7.00. The highest BCUT2D eigenvalue weighted by atomic mass is 16.5. The van der Waals surface area contributed by atoms with Crippen molar-refractivity contribution in [2.45, 2.75) is 52.6 Å². The molecule has 104 valence electrons. The van der Waals surface area contributed by atoms with E-state index in [1.54, 1.807) is 7.11 Å². The van der Waals surface area contributed by atoms with E-state index in [2.05, 4.69) is 19.9 Å². The third kappa shape index (κ3) is 15.6. The van der Waals surface area contributed by atoms with Crippen molar-refractivity contribution >= 4 is 0 Å². The van der Waals surface area contributed by atoms with Crippen LogP contribution in [0.3, 0.4) is 0 Å². The van der Waals surface area contributed by atoms with Crippen molar-refractivity contribution in [2.75, 3.05) is 27.4 Å². The number of aliphatic hydroxyl groups is 1. The van der Waals surface area contributed by atoms with Gasteiger partial charge in [-0.3, -0.25) is 0 Å². The Balaban J connectivity index is 0. The maximum absolute atomic E-state index is 7.00. The minimum Gasteiger partial charge on any atom is -0.400 e. The molecule has 0 atom stereocenters. The zero-order valence-corrected chi connectivity index (χ0v) is 12.2. The number of aliphatic hydroxyl groups excluding tert-OH is 1. The first-order valence-corrected chi connectivity index (χ1v) is 6.35. The molecular formula is C14H30O3. The fourth-order valence-corrected chi connectivity index (χ4v) is 1.35. The van der Waals surface area contributed by atoms with E-state index in [0.717, 1.165) is 20.3 Å². The molecule has 0 aliphatic heterocycles. The van der Waals surface area contributed by atoms with Crippen LogP contribution in [-0.2, 0) is 9.47 Å². The van der Waals surface area contributed by atoms with Crippen molar-refractivity contribution in [3.63, 3.8) is 0 Å². The summed E-state index contributed by atoms with van der Waals surface area (Å²) in [5.41, 5.74) is 1.38. The second-order valence-electron chi connectivity index (χ2n) is 4.14. The number of hydrogen-bond acceptors (Lipinski definition) is 3. The molecule has 1 rings (SSSR count). The normalized spacial score (nSPS) is 14.2. The van der Waals surface area contributed by atoms with E-state index in [4.69, 9.17) is 14.6 Å². The summed E-state index contributed by atoms with van der Waals surface area (Å²) in [6.07, 6.45) is 7.82. The molecule has 17 heavy (non-hydrogen) atoms. The second kappa shape index (κ2) is 15.6. The Morgan fingerprint density at radius 2 is 1.65 bits per heavy atom. The van der Waals surface area contributed by atoms with E-state index in [-0.39, 0.29) is 0 Å². The first kappa shape index (κ1) is 19.0. The van der Waals surface area contributed by atoms with Gasteiger partial charge in [-0.15, -0.1) is 0 Å². The van der Waals surface area contributed by atoms with Gasteiger partial charge >= 0.3 is 0 Å². The van der Waals surface area contributed by atoms with Crippen molar-refractivity contribution in [1.29, 1.82) is 0 Å². The van der Waals surface area contributed by atoms with Crippen LogP contribution in [0.2, 0.25) is 0 Å². The molecule has 1 aliphatic rings. The average Bonchev–Trinajstić information content (AvgIpc) is 2.86. The van der Waals surface area contributed by atoms with Crippen molar-refractivity contribution in [3.05, 3.63) is 11.6 Å². The van der Waals surface area contributed by atoms with Gasteiger partial charge in [-0.2, -0.15) is 0 Å². The van der Waals surface area contributed by atoms with Gasteiger partial charge in [0, 0.05) is 14.2 Å². The largest absolute Gasteiger partial charge is 0.400 e. The fourth-order valence-electron chi connectivity index (χ4n) is 1.35. The summed E-state index contributed by atoms with van der Waals surface area (Å²) >= 11 is 0. The predicted octanol–water partition coefficient (Wildman–Crippen LogP) is 3.17. The maximum Gasteiger partial charge on any atom is 0.0704 e. The molecule has 1 saturated carbocycles. The predicted molar refractivity (Wildman–Crippen MR) is 73.3 cm³/mol. The summed E-state index contributed by atoms with van der Waals surface area (Å²) in [7, 11) is 2.71. The topological polar surface area (TPSA) is 38.7 Å². The minimum absolute atomic E-state index is 0.537. The number of ether oxygens (including phenoxy) is 2. The van der Waals surface area contributed by atoms with Crippen LogP contribution in [0.5, 0.6) is 0 Å². The Kier molecular flexibility index (Phi) is 17.4. The molecule has 0 radical (unpaired) electrons. The van der Waals surface area contributed by atoms with E-state index < -0.39 is 0 Å². The third-order valence-corrected chi connectivity index (χ3v) is 2.52. The number of allylic oxidation sites excluding steroid dienone is 2. The van der Waals surface area contributed by atoms with E-state index in [1.807, 2.05) is 6.92 Å². The molecule has 1 aliphatic carbocycles. The van der Waals surface area contributed by atoms with E-state index in [0.29, 0.717) is 6.10 Å². The van der Waals surface area contributed by atoms with E-state index >= 15 is 0 Å². The fraction of sp³-hybridized carbons (Fsp3) is 0.857. The van der Waals surface area contributed by atoms with Crippen LogP contribution >= 0.6 is 0 Å². The minimum atomic E-state index is 0.537. The van der Waals surface area contributed by atoms with Crippen LogP contribution in [0.25, 0.3) is 0 Å². The molecule has 0 unspecified atom stereocenters. The smallest absolute Gasteiger partial charge is 0.0704 e. The van der Waals surface area contributed by atoms with Crippen LogP contribution in [0.1, 0.15) is 46.5 Å². The number of methoxy groups -OCH3 is 1. The van der Waals surface area contributed by atoms with Crippen LogP contribution in [0.15, 0.2) is 11.6 Å². The third-order valence-electron chi connectivity index (χ3n) is 2.52. The quantitative estimate of drug-likeness (QED) is 0.611.